The van der Waals surface area contributed by atoms with Crippen LogP contribution in [0.15, 0.2) is 36.5 Å². The maximum Gasteiger partial charge on any atom is 0.418 e. The lowest BCUT2D eigenvalue weighted by Gasteiger charge is -2.38. The van der Waals surface area contributed by atoms with Gasteiger partial charge >= 0.3 is 6.18 Å². The van der Waals surface area contributed by atoms with Crippen LogP contribution < -0.4 is 10.1 Å². The monoisotopic (exact) mass is 469 g/mol. The number of nitrogens with one attached hydrogen (secondary N) is 1. The van der Waals surface area contributed by atoms with Crippen molar-refractivity contribution >= 4 is 16.6 Å². The van der Waals surface area contributed by atoms with E-state index in [1.54, 1.807) is 6.92 Å². The summed E-state index contributed by atoms with van der Waals surface area (Å²) in [6.07, 6.45) is -4.61. The van der Waals surface area contributed by atoms with Crippen molar-refractivity contribution in [2.45, 2.75) is 44.4 Å². The highest BCUT2D eigenvalue weighted by Gasteiger charge is 2.56. The van der Waals surface area contributed by atoms with Crippen molar-refractivity contribution in [2.75, 3.05) is 19.0 Å². The van der Waals surface area contributed by atoms with Gasteiger partial charge in [-0.25, -0.2) is 18.7 Å². The van der Waals surface area contributed by atoms with E-state index in [1.807, 2.05) is 0 Å². The Morgan fingerprint density at radius 1 is 1.12 bits per heavy atom. The van der Waals surface area contributed by atoms with Crippen LogP contribution in [0.4, 0.5) is 27.6 Å². The van der Waals surface area contributed by atoms with E-state index >= 15 is 0 Å². The molecule has 3 aromatic rings. The third-order valence-corrected chi connectivity index (χ3v) is 5.49. The topological polar surface area (TPSA) is 67.3 Å². The molecule has 0 bridgehead atoms. The number of hydrogen-bond acceptors (Lipinski definition) is 5. The Balaban J connectivity index is 1.98. The Kier molecular flexibility index (Phi) is 6.52. The molecule has 0 radical (unpaired) electrons. The predicted octanol–water partition coefficient (Wildman–Crippen LogP) is 5.30. The molecule has 10 heteroatoms. The maximum atomic E-state index is 14.6. The summed E-state index contributed by atoms with van der Waals surface area (Å²) in [5.41, 5.74) is -4.65. The summed E-state index contributed by atoms with van der Waals surface area (Å²) in [7, 11) is 1.28. The molecule has 0 aliphatic heterocycles. The Morgan fingerprint density at radius 3 is 2.45 bits per heavy atom. The second-order valence-corrected chi connectivity index (χ2v) is 8.56. The van der Waals surface area contributed by atoms with Crippen molar-refractivity contribution in [3.63, 3.8) is 0 Å². The van der Waals surface area contributed by atoms with Gasteiger partial charge in [-0.2, -0.15) is 13.2 Å². The number of benzene rings is 2. The number of aryl methyl sites for hydroxylation is 1. The minimum Gasteiger partial charge on any atom is -0.496 e. The SMILES string of the molecule is COc1cccc(F)c1C(C)(C)CC(O)(CNc1cc(F)cc2nc(C)ncc12)C(F)(F)F. The summed E-state index contributed by atoms with van der Waals surface area (Å²) in [4.78, 5) is 8.09. The summed E-state index contributed by atoms with van der Waals surface area (Å²) in [5, 5.41) is 13.6. The van der Waals surface area contributed by atoms with E-state index in [1.165, 1.54) is 39.3 Å². The number of aliphatic hydroxyl groups is 1. The normalized spacial score (nSPS) is 14.2. The molecule has 1 aromatic heterocycles. The minimum absolute atomic E-state index is 0.00560. The third kappa shape index (κ3) is 5.00. The number of hydrogen-bond donors (Lipinski definition) is 2. The Labute approximate surface area is 187 Å². The van der Waals surface area contributed by atoms with Gasteiger partial charge in [0.05, 0.1) is 19.2 Å². The van der Waals surface area contributed by atoms with Crippen molar-refractivity contribution in [3.8, 4) is 5.75 Å². The van der Waals surface area contributed by atoms with Crippen LogP contribution in [0.2, 0.25) is 0 Å². The molecule has 3 rings (SSSR count). The highest BCUT2D eigenvalue weighted by molar-refractivity contribution is 5.90. The van der Waals surface area contributed by atoms with Crippen LogP contribution in [-0.2, 0) is 5.41 Å². The molecular formula is C23H24F5N3O2. The van der Waals surface area contributed by atoms with E-state index in [0.29, 0.717) is 11.2 Å². The van der Waals surface area contributed by atoms with Gasteiger partial charge in [-0.05, 0) is 37.0 Å². The number of ether oxygens (including phenoxy) is 1. The van der Waals surface area contributed by atoms with Gasteiger partial charge < -0.3 is 15.2 Å². The van der Waals surface area contributed by atoms with Crippen LogP contribution in [0, 0.1) is 18.6 Å². The molecule has 0 saturated carbocycles. The summed E-state index contributed by atoms with van der Waals surface area (Å²) in [6, 6.07) is 6.07. The van der Waals surface area contributed by atoms with Crippen LogP contribution in [0.1, 0.15) is 31.7 Å². The summed E-state index contributed by atoms with van der Waals surface area (Å²) < 4.78 is 76.0. The third-order valence-electron chi connectivity index (χ3n) is 5.49. The van der Waals surface area contributed by atoms with E-state index in [-0.39, 0.29) is 22.5 Å². The molecule has 1 unspecified atom stereocenters. The van der Waals surface area contributed by atoms with Crippen LogP contribution in [-0.4, -0.2) is 40.5 Å². The molecule has 0 spiro atoms. The van der Waals surface area contributed by atoms with Crippen molar-refractivity contribution in [2.24, 2.45) is 0 Å². The van der Waals surface area contributed by atoms with Gasteiger partial charge in [0.25, 0.3) is 0 Å². The molecule has 178 valence electrons. The number of nitrogens with zero attached hydrogens (tertiary/aromatic N) is 2. The van der Waals surface area contributed by atoms with Crippen LogP contribution in [0.3, 0.4) is 0 Å². The molecule has 0 aliphatic rings. The smallest absolute Gasteiger partial charge is 0.418 e. The molecule has 2 N–H and O–H groups in total. The van der Waals surface area contributed by atoms with Gasteiger partial charge in [0.15, 0.2) is 5.60 Å². The van der Waals surface area contributed by atoms with Gasteiger partial charge in [0, 0.05) is 28.9 Å². The van der Waals surface area contributed by atoms with E-state index in [2.05, 4.69) is 15.3 Å². The van der Waals surface area contributed by atoms with Crippen molar-refractivity contribution in [3.05, 3.63) is 59.6 Å². The fourth-order valence-corrected chi connectivity index (χ4v) is 3.99. The van der Waals surface area contributed by atoms with Crippen LogP contribution in [0.25, 0.3) is 10.9 Å². The maximum absolute atomic E-state index is 14.6. The fourth-order valence-electron chi connectivity index (χ4n) is 3.99. The molecule has 0 saturated heterocycles. The molecule has 5 nitrogen and oxygen atoms in total. The lowest BCUT2D eigenvalue weighted by atomic mass is 9.74. The molecule has 0 aliphatic carbocycles. The quantitative estimate of drug-likeness (QED) is 0.460. The van der Waals surface area contributed by atoms with Gasteiger partial charge in [-0.15, -0.1) is 0 Å². The number of fused-ring (bicyclic) bond motifs is 1. The first-order valence-corrected chi connectivity index (χ1v) is 10.1. The average Bonchev–Trinajstić information content (AvgIpc) is 2.69. The van der Waals surface area contributed by atoms with Crippen molar-refractivity contribution in [1.29, 1.82) is 0 Å². The second kappa shape index (κ2) is 8.74. The number of halogens is 5. The molecule has 2 aromatic carbocycles. The molecule has 0 fully saturated rings. The van der Waals surface area contributed by atoms with Crippen molar-refractivity contribution < 1.29 is 31.8 Å². The van der Waals surface area contributed by atoms with Gasteiger partial charge in [-0.1, -0.05) is 19.9 Å². The summed E-state index contributed by atoms with van der Waals surface area (Å²) >= 11 is 0. The minimum atomic E-state index is -5.08. The first-order valence-electron chi connectivity index (χ1n) is 10.1. The Bertz CT molecular complexity index is 1160. The van der Waals surface area contributed by atoms with E-state index in [0.717, 1.165) is 18.2 Å². The van der Waals surface area contributed by atoms with Crippen LogP contribution in [0.5, 0.6) is 5.75 Å². The highest BCUT2D eigenvalue weighted by atomic mass is 19.4. The standard InChI is InChI=1S/C23H24F5N3O2/c1-13-29-10-15-17(8-14(24)9-18(15)31-13)30-12-22(32,23(26,27)28)11-21(2,3)20-16(25)6-5-7-19(20)33-4/h5-10,30,32H,11-12H2,1-4H3. The van der Waals surface area contributed by atoms with Crippen LogP contribution >= 0.6 is 0 Å². The number of alkyl halides is 3. The average molecular weight is 469 g/mol. The molecule has 1 heterocycles. The zero-order valence-corrected chi connectivity index (χ0v) is 18.5. The zero-order valence-electron chi connectivity index (χ0n) is 18.5. The number of methoxy groups -OCH3 is 1. The number of anilines is 1. The van der Waals surface area contributed by atoms with E-state index in [9.17, 15) is 27.1 Å². The van der Waals surface area contributed by atoms with Gasteiger partial charge in [0.2, 0.25) is 0 Å². The molecule has 1 atom stereocenters. The second-order valence-electron chi connectivity index (χ2n) is 8.56. The first-order chi connectivity index (χ1) is 15.3. The molecular weight excluding hydrogens is 445 g/mol. The molecule has 33 heavy (non-hydrogen) atoms. The fraction of sp³-hybridized carbons (Fsp3) is 0.391. The lowest BCUT2D eigenvalue weighted by Crippen LogP contribution is -2.54. The van der Waals surface area contributed by atoms with Gasteiger partial charge in [-0.3, -0.25) is 0 Å². The summed E-state index contributed by atoms with van der Waals surface area (Å²) in [5.74, 6) is -1.02. The lowest BCUT2D eigenvalue weighted by molar-refractivity contribution is -0.260. The van der Waals surface area contributed by atoms with Gasteiger partial charge in [0.1, 0.15) is 23.2 Å². The first kappa shape index (κ1) is 24.6. The Morgan fingerprint density at radius 2 is 1.82 bits per heavy atom. The molecule has 0 amide bonds. The summed E-state index contributed by atoms with van der Waals surface area (Å²) in [6.45, 7) is 3.36. The number of rotatable bonds is 7. The number of aromatic nitrogens is 2. The highest BCUT2D eigenvalue weighted by Crippen LogP contribution is 2.44. The Hall–Kier alpha value is -3.01. The van der Waals surface area contributed by atoms with E-state index in [4.69, 9.17) is 4.74 Å². The van der Waals surface area contributed by atoms with Crippen molar-refractivity contribution in [1.82, 2.24) is 9.97 Å². The predicted molar refractivity (Wildman–Crippen MR) is 114 cm³/mol. The van der Waals surface area contributed by atoms with E-state index < -0.39 is 41.8 Å². The zero-order chi connectivity index (χ0) is 24.6. The largest absolute Gasteiger partial charge is 0.496 e.